The number of ether oxygens (including phenoxy) is 2. The van der Waals surface area contributed by atoms with Crippen LogP contribution in [0.5, 0.6) is 5.75 Å². The van der Waals surface area contributed by atoms with E-state index in [2.05, 4.69) is 29.4 Å². The zero-order valence-corrected chi connectivity index (χ0v) is 15.7. The van der Waals surface area contributed by atoms with Gasteiger partial charge in [-0.1, -0.05) is 26.0 Å². The minimum absolute atomic E-state index is 0.127. The van der Waals surface area contributed by atoms with Crippen LogP contribution < -0.4 is 15.4 Å². The molecule has 1 aromatic carbocycles. The van der Waals surface area contributed by atoms with Crippen LogP contribution in [0.3, 0.4) is 0 Å². The number of nitrogens with zero attached hydrogens (tertiary/aromatic N) is 1. The third kappa shape index (κ3) is 6.26. The molecule has 134 valence electrons. The molecular weight excluding hydrogens is 322 g/mol. The van der Waals surface area contributed by atoms with Crippen molar-refractivity contribution in [3.63, 3.8) is 0 Å². The van der Waals surface area contributed by atoms with Gasteiger partial charge in [0.2, 0.25) is 0 Å². The molecule has 6 heteroatoms. The van der Waals surface area contributed by atoms with Gasteiger partial charge in [0.1, 0.15) is 5.75 Å². The zero-order chi connectivity index (χ0) is 17.4. The number of hydrogen-bond donors (Lipinski definition) is 2. The van der Waals surface area contributed by atoms with Crippen LogP contribution in [0.2, 0.25) is 0 Å². The maximum Gasteiger partial charge on any atom is 0.170 e. The van der Waals surface area contributed by atoms with Crippen molar-refractivity contribution < 1.29 is 9.47 Å². The van der Waals surface area contributed by atoms with Crippen LogP contribution in [-0.4, -0.2) is 56.0 Å². The molecule has 2 N–H and O–H groups in total. The number of thiocarbonyl (C=S) groups is 1. The molecule has 1 aromatic rings. The van der Waals surface area contributed by atoms with E-state index in [1.165, 1.54) is 0 Å². The Kier molecular flexibility index (Phi) is 7.27. The SMILES string of the molecule is CCOc1ccccc1NC(=S)NCC(C)(C)CN1CCOCC1. The molecule has 1 saturated heterocycles. The molecule has 1 aliphatic rings. The Labute approximate surface area is 150 Å². The molecule has 24 heavy (non-hydrogen) atoms. The van der Waals surface area contributed by atoms with Crippen molar-refractivity contribution >= 4 is 23.0 Å². The molecule has 1 aliphatic heterocycles. The third-order valence-electron chi connectivity index (χ3n) is 3.92. The fraction of sp³-hybridized carbons (Fsp3) is 0.611. The molecule has 0 saturated carbocycles. The summed E-state index contributed by atoms with van der Waals surface area (Å²) in [6.07, 6.45) is 0. The Morgan fingerprint density at radius 2 is 2.00 bits per heavy atom. The summed E-state index contributed by atoms with van der Waals surface area (Å²) in [5, 5.41) is 7.19. The predicted molar refractivity (Wildman–Crippen MR) is 103 cm³/mol. The van der Waals surface area contributed by atoms with Gasteiger partial charge in [-0.25, -0.2) is 0 Å². The molecule has 0 spiro atoms. The molecule has 5 nitrogen and oxygen atoms in total. The summed E-state index contributed by atoms with van der Waals surface area (Å²) in [6, 6.07) is 7.84. The second-order valence-electron chi connectivity index (χ2n) is 6.79. The van der Waals surface area contributed by atoms with Crippen molar-refractivity contribution in [2.45, 2.75) is 20.8 Å². The predicted octanol–water partition coefficient (Wildman–Crippen LogP) is 2.73. The maximum atomic E-state index is 5.62. The molecule has 0 aromatic heterocycles. The van der Waals surface area contributed by atoms with Crippen molar-refractivity contribution in [2.24, 2.45) is 5.41 Å². The largest absolute Gasteiger partial charge is 0.492 e. The molecule has 1 heterocycles. The summed E-state index contributed by atoms with van der Waals surface area (Å²) in [5.74, 6) is 0.816. The number of benzene rings is 1. The van der Waals surface area contributed by atoms with Crippen LogP contribution >= 0.6 is 12.2 Å². The molecule has 0 atom stereocenters. The van der Waals surface area contributed by atoms with Crippen LogP contribution in [0.25, 0.3) is 0 Å². The third-order valence-corrected chi connectivity index (χ3v) is 4.16. The van der Waals surface area contributed by atoms with E-state index in [1.807, 2.05) is 31.2 Å². The van der Waals surface area contributed by atoms with Crippen molar-refractivity contribution in [1.29, 1.82) is 0 Å². The monoisotopic (exact) mass is 351 g/mol. The second-order valence-corrected chi connectivity index (χ2v) is 7.20. The first-order valence-corrected chi connectivity index (χ1v) is 8.98. The molecular formula is C18H29N3O2S. The molecule has 2 rings (SSSR count). The van der Waals surface area contributed by atoms with Crippen molar-refractivity contribution in [3.8, 4) is 5.75 Å². The van der Waals surface area contributed by atoms with Gasteiger partial charge >= 0.3 is 0 Å². The van der Waals surface area contributed by atoms with Gasteiger partial charge in [0.05, 0.1) is 25.5 Å². The molecule has 0 aliphatic carbocycles. The van der Waals surface area contributed by atoms with Gasteiger partial charge in [0.25, 0.3) is 0 Å². The molecule has 1 fully saturated rings. The summed E-state index contributed by atoms with van der Waals surface area (Å²) in [6.45, 7) is 12.6. The van der Waals surface area contributed by atoms with Gasteiger partial charge < -0.3 is 20.1 Å². The highest BCUT2D eigenvalue weighted by atomic mass is 32.1. The summed E-state index contributed by atoms with van der Waals surface area (Å²) in [7, 11) is 0. The summed E-state index contributed by atoms with van der Waals surface area (Å²) >= 11 is 5.44. The van der Waals surface area contributed by atoms with Crippen LogP contribution in [0.15, 0.2) is 24.3 Å². The van der Waals surface area contributed by atoms with E-state index in [4.69, 9.17) is 21.7 Å². The summed E-state index contributed by atoms with van der Waals surface area (Å²) in [4.78, 5) is 2.45. The van der Waals surface area contributed by atoms with E-state index in [0.29, 0.717) is 11.7 Å². The Bertz CT molecular complexity index is 531. The lowest BCUT2D eigenvalue weighted by Crippen LogP contribution is -2.46. The lowest BCUT2D eigenvalue weighted by atomic mass is 9.92. The maximum absolute atomic E-state index is 5.62. The van der Waals surface area contributed by atoms with Crippen molar-refractivity contribution in [1.82, 2.24) is 10.2 Å². The minimum Gasteiger partial charge on any atom is -0.492 e. The van der Waals surface area contributed by atoms with Crippen molar-refractivity contribution in [2.75, 3.05) is 51.3 Å². The van der Waals surface area contributed by atoms with E-state index < -0.39 is 0 Å². The molecule has 0 bridgehead atoms. The highest BCUT2D eigenvalue weighted by molar-refractivity contribution is 7.80. The first kappa shape index (κ1) is 19.0. The molecule has 0 radical (unpaired) electrons. The van der Waals surface area contributed by atoms with Crippen LogP contribution in [0, 0.1) is 5.41 Å². The van der Waals surface area contributed by atoms with E-state index in [1.54, 1.807) is 0 Å². The molecule has 0 amide bonds. The number of hydrogen-bond acceptors (Lipinski definition) is 4. The standard InChI is InChI=1S/C18H29N3O2S/c1-4-23-16-8-6-5-7-15(16)20-17(24)19-13-18(2,3)14-21-9-11-22-12-10-21/h5-8H,4,9-14H2,1-3H3,(H2,19,20,24). The van der Waals surface area contributed by atoms with Crippen LogP contribution in [-0.2, 0) is 4.74 Å². The van der Waals surface area contributed by atoms with E-state index in [9.17, 15) is 0 Å². The van der Waals surface area contributed by atoms with Gasteiger partial charge in [-0.2, -0.15) is 0 Å². The lowest BCUT2D eigenvalue weighted by Gasteiger charge is -2.35. The average Bonchev–Trinajstić information content (AvgIpc) is 2.56. The van der Waals surface area contributed by atoms with E-state index in [-0.39, 0.29) is 5.41 Å². The number of para-hydroxylation sites is 2. The number of rotatable bonds is 7. The van der Waals surface area contributed by atoms with Gasteiger partial charge in [0, 0.05) is 26.2 Å². The highest BCUT2D eigenvalue weighted by Crippen LogP contribution is 2.23. The van der Waals surface area contributed by atoms with Crippen molar-refractivity contribution in [3.05, 3.63) is 24.3 Å². The van der Waals surface area contributed by atoms with Gasteiger partial charge in [-0.15, -0.1) is 0 Å². The summed E-state index contributed by atoms with van der Waals surface area (Å²) in [5.41, 5.74) is 1.02. The van der Waals surface area contributed by atoms with E-state index >= 15 is 0 Å². The molecule has 0 unspecified atom stereocenters. The number of nitrogens with one attached hydrogen (secondary N) is 2. The Morgan fingerprint density at radius 3 is 2.71 bits per heavy atom. The number of morpholine rings is 1. The smallest absolute Gasteiger partial charge is 0.170 e. The van der Waals surface area contributed by atoms with Gasteiger partial charge in [0.15, 0.2) is 5.11 Å². The Morgan fingerprint density at radius 1 is 1.29 bits per heavy atom. The van der Waals surface area contributed by atoms with Gasteiger partial charge in [-0.3, -0.25) is 4.90 Å². The first-order chi connectivity index (χ1) is 11.5. The summed E-state index contributed by atoms with van der Waals surface area (Å²) < 4.78 is 11.0. The Balaban J connectivity index is 1.81. The average molecular weight is 352 g/mol. The normalized spacial score (nSPS) is 15.8. The zero-order valence-electron chi connectivity index (χ0n) is 14.9. The minimum atomic E-state index is 0.127. The fourth-order valence-electron chi connectivity index (χ4n) is 2.76. The topological polar surface area (TPSA) is 45.8 Å². The fourth-order valence-corrected chi connectivity index (χ4v) is 2.94. The van der Waals surface area contributed by atoms with Crippen LogP contribution in [0.1, 0.15) is 20.8 Å². The van der Waals surface area contributed by atoms with Crippen LogP contribution in [0.4, 0.5) is 5.69 Å². The Hall–Kier alpha value is -1.37. The van der Waals surface area contributed by atoms with E-state index in [0.717, 1.165) is 50.8 Å². The lowest BCUT2D eigenvalue weighted by molar-refractivity contribution is 0.0219. The second kappa shape index (κ2) is 9.20. The first-order valence-electron chi connectivity index (χ1n) is 8.57. The number of anilines is 1. The highest BCUT2D eigenvalue weighted by Gasteiger charge is 2.23. The van der Waals surface area contributed by atoms with Gasteiger partial charge in [-0.05, 0) is 36.7 Å². The quantitative estimate of drug-likeness (QED) is 0.737.